The highest BCUT2D eigenvalue weighted by Crippen LogP contribution is 2.35. The average Bonchev–Trinajstić information content (AvgIpc) is 3.48. The lowest BCUT2D eigenvalue weighted by molar-refractivity contribution is 1.18. The Kier molecular flexibility index (Phi) is 5.77. The molecule has 8 rings (SSSR count). The molecular weight excluding hydrogens is 526 g/mol. The lowest BCUT2D eigenvalue weighted by atomic mass is 10.0. The average molecular weight is 550 g/mol. The van der Waals surface area contributed by atoms with Crippen LogP contribution < -0.4 is 0 Å². The summed E-state index contributed by atoms with van der Waals surface area (Å²) in [5.74, 6) is 0.617. The minimum absolute atomic E-state index is 0.591. The van der Waals surface area contributed by atoms with E-state index in [4.69, 9.17) is 15.0 Å². The largest absolute Gasteiger partial charge is 0.292 e. The van der Waals surface area contributed by atoms with Gasteiger partial charge in [-0.05, 0) is 59.5 Å². The van der Waals surface area contributed by atoms with Crippen LogP contribution in [-0.4, -0.2) is 19.4 Å². The Morgan fingerprint density at radius 3 is 2.05 bits per heavy atom. The van der Waals surface area contributed by atoms with Gasteiger partial charge in [-0.15, -0.1) is 0 Å². The number of nitriles is 1. The molecule has 5 nitrogen and oxygen atoms in total. The van der Waals surface area contributed by atoms with Gasteiger partial charge in [0.15, 0.2) is 5.82 Å². The van der Waals surface area contributed by atoms with E-state index in [-0.39, 0.29) is 0 Å². The molecule has 0 bridgehead atoms. The molecule has 8 aromatic rings. The fourth-order valence-electron chi connectivity index (χ4n) is 5.75. The van der Waals surface area contributed by atoms with Crippen molar-refractivity contribution in [1.82, 2.24) is 19.4 Å². The van der Waals surface area contributed by atoms with Crippen molar-refractivity contribution in [2.24, 2.45) is 0 Å². The molecule has 43 heavy (non-hydrogen) atoms. The maximum Gasteiger partial charge on any atom is 0.160 e. The monoisotopic (exact) mass is 549 g/mol. The topological polar surface area (TPSA) is 66.9 Å². The van der Waals surface area contributed by atoms with E-state index in [0.717, 1.165) is 66.8 Å². The first-order valence-corrected chi connectivity index (χ1v) is 14.1. The number of aromatic nitrogens is 4. The van der Waals surface area contributed by atoms with Gasteiger partial charge in [0, 0.05) is 22.3 Å². The van der Waals surface area contributed by atoms with Gasteiger partial charge < -0.3 is 0 Å². The second kappa shape index (κ2) is 10.1. The molecule has 0 saturated carbocycles. The van der Waals surface area contributed by atoms with E-state index in [1.54, 1.807) is 6.07 Å². The predicted molar refractivity (Wildman–Crippen MR) is 172 cm³/mol. The molecule has 0 aliphatic rings. The zero-order valence-corrected chi connectivity index (χ0v) is 23.0. The van der Waals surface area contributed by atoms with E-state index >= 15 is 0 Å². The van der Waals surface area contributed by atoms with Crippen LogP contribution in [0.3, 0.4) is 0 Å². The molecule has 3 aromatic heterocycles. The van der Waals surface area contributed by atoms with Crippen LogP contribution in [0, 0.1) is 11.3 Å². The molecule has 0 spiro atoms. The third-order valence-electron chi connectivity index (χ3n) is 7.79. The van der Waals surface area contributed by atoms with E-state index in [1.807, 2.05) is 72.8 Å². The molecule has 0 saturated heterocycles. The highest BCUT2D eigenvalue weighted by Gasteiger charge is 2.16. The summed E-state index contributed by atoms with van der Waals surface area (Å²) in [6.45, 7) is 0. The predicted octanol–water partition coefficient (Wildman–Crippen LogP) is 8.97. The Hall–Kier alpha value is -6.12. The zero-order chi connectivity index (χ0) is 28.8. The van der Waals surface area contributed by atoms with Gasteiger partial charge in [0.2, 0.25) is 0 Å². The Morgan fingerprint density at radius 1 is 0.512 bits per heavy atom. The van der Waals surface area contributed by atoms with E-state index < -0.39 is 0 Å². The fourth-order valence-corrected chi connectivity index (χ4v) is 5.75. The smallest absolute Gasteiger partial charge is 0.160 e. The first-order chi connectivity index (χ1) is 21.2. The number of hydrogen-bond donors (Lipinski definition) is 0. The number of nitrogens with zero attached hydrogens (tertiary/aromatic N) is 5. The van der Waals surface area contributed by atoms with Crippen LogP contribution in [0.1, 0.15) is 5.56 Å². The zero-order valence-electron chi connectivity index (χ0n) is 23.0. The van der Waals surface area contributed by atoms with Gasteiger partial charge in [-0.3, -0.25) is 4.40 Å². The van der Waals surface area contributed by atoms with Gasteiger partial charge in [0.25, 0.3) is 0 Å². The summed E-state index contributed by atoms with van der Waals surface area (Å²) in [5.41, 5.74) is 11.1. The minimum atomic E-state index is 0.591. The van der Waals surface area contributed by atoms with Crippen LogP contribution in [0.25, 0.3) is 72.6 Å². The molecule has 0 radical (unpaired) electrons. The number of pyridine rings is 1. The highest BCUT2D eigenvalue weighted by atomic mass is 15.0. The number of benzene rings is 5. The first-order valence-electron chi connectivity index (χ1n) is 14.1. The summed E-state index contributed by atoms with van der Waals surface area (Å²) in [6, 6.07) is 49.1. The first kappa shape index (κ1) is 24.7. The molecule has 0 amide bonds. The molecular formula is C38H23N5. The number of imidazole rings is 1. The van der Waals surface area contributed by atoms with Crippen molar-refractivity contribution < 1.29 is 0 Å². The molecule has 0 aliphatic carbocycles. The Bertz CT molecular complexity index is 2360. The summed E-state index contributed by atoms with van der Waals surface area (Å²) in [6.07, 6.45) is 0. The summed E-state index contributed by atoms with van der Waals surface area (Å²) in [5, 5.41) is 10.7. The van der Waals surface area contributed by atoms with Gasteiger partial charge >= 0.3 is 0 Å². The summed E-state index contributed by atoms with van der Waals surface area (Å²) < 4.78 is 2.25. The second-order valence-corrected chi connectivity index (χ2v) is 10.5. The van der Waals surface area contributed by atoms with Crippen molar-refractivity contribution >= 4 is 27.6 Å². The molecule has 0 unspecified atom stereocenters. The highest BCUT2D eigenvalue weighted by molar-refractivity contribution is 5.98. The quantitative estimate of drug-likeness (QED) is 0.220. The summed E-state index contributed by atoms with van der Waals surface area (Å²) in [7, 11) is 0. The SMILES string of the molecule is N#Cc1cccc(-c2cc(-c3ccccc3)nc(-c3cccc(-c4cc5ccccc5n5c4nc4ccccc45)c3)n2)c1. The van der Waals surface area contributed by atoms with Crippen LogP contribution in [0.5, 0.6) is 0 Å². The van der Waals surface area contributed by atoms with Crippen LogP contribution in [0.4, 0.5) is 0 Å². The number of rotatable bonds is 4. The van der Waals surface area contributed by atoms with E-state index in [9.17, 15) is 5.26 Å². The summed E-state index contributed by atoms with van der Waals surface area (Å²) >= 11 is 0. The van der Waals surface area contributed by atoms with Crippen molar-refractivity contribution in [3.8, 4) is 51.1 Å². The molecule has 200 valence electrons. The lowest BCUT2D eigenvalue weighted by Crippen LogP contribution is -1.97. The molecule has 5 aromatic carbocycles. The molecule has 0 N–H and O–H groups in total. The molecule has 3 heterocycles. The number of fused-ring (bicyclic) bond motifs is 5. The van der Waals surface area contributed by atoms with Crippen LogP contribution in [0.2, 0.25) is 0 Å². The number of hydrogen-bond acceptors (Lipinski definition) is 4. The Morgan fingerprint density at radius 2 is 1.19 bits per heavy atom. The van der Waals surface area contributed by atoms with Crippen LogP contribution in [-0.2, 0) is 0 Å². The van der Waals surface area contributed by atoms with Crippen LogP contribution in [0.15, 0.2) is 140 Å². The number of para-hydroxylation sites is 3. The van der Waals surface area contributed by atoms with Gasteiger partial charge in [0.05, 0.1) is 39.6 Å². The van der Waals surface area contributed by atoms with E-state index in [1.165, 1.54) is 0 Å². The van der Waals surface area contributed by atoms with Crippen molar-refractivity contribution in [1.29, 1.82) is 5.26 Å². The van der Waals surface area contributed by atoms with Crippen molar-refractivity contribution in [3.63, 3.8) is 0 Å². The molecule has 0 fully saturated rings. The van der Waals surface area contributed by atoms with Gasteiger partial charge in [-0.2, -0.15) is 5.26 Å². The standard InChI is InChI=1S/C38H23N5/c39-24-25-10-8-15-28(20-25)34-23-33(26-11-2-1-3-12-26)40-37(41-34)30-16-9-14-27(21-30)31-22-29-13-4-6-18-35(29)43-36-19-7-5-17-32(36)42-38(31)43/h1-23H. The third kappa shape index (κ3) is 4.30. The Labute approximate surface area is 248 Å². The Balaban J connectivity index is 1.34. The van der Waals surface area contributed by atoms with E-state index in [2.05, 4.69) is 71.1 Å². The maximum atomic E-state index is 9.51. The van der Waals surface area contributed by atoms with Gasteiger partial charge in [0.1, 0.15) is 5.65 Å². The molecule has 5 heteroatoms. The van der Waals surface area contributed by atoms with Gasteiger partial charge in [-0.1, -0.05) is 91.0 Å². The van der Waals surface area contributed by atoms with Crippen LogP contribution >= 0.6 is 0 Å². The molecule has 0 atom stereocenters. The second-order valence-electron chi connectivity index (χ2n) is 10.5. The lowest BCUT2D eigenvalue weighted by Gasteiger charge is -2.12. The third-order valence-corrected chi connectivity index (χ3v) is 7.79. The molecule has 0 aliphatic heterocycles. The van der Waals surface area contributed by atoms with Crippen molar-refractivity contribution in [2.45, 2.75) is 0 Å². The maximum absolute atomic E-state index is 9.51. The van der Waals surface area contributed by atoms with E-state index in [0.29, 0.717) is 11.4 Å². The summed E-state index contributed by atoms with van der Waals surface area (Å²) in [4.78, 5) is 15.1. The minimum Gasteiger partial charge on any atom is -0.292 e. The van der Waals surface area contributed by atoms with Gasteiger partial charge in [-0.25, -0.2) is 15.0 Å². The fraction of sp³-hybridized carbons (Fsp3) is 0. The van der Waals surface area contributed by atoms with Crippen molar-refractivity contribution in [2.75, 3.05) is 0 Å². The van der Waals surface area contributed by atoms with Crippen molar-refractivity contribution in [3.05, 3.63) is 145 Å². The normalized spacial score (nSPS) is 11.2.